The van der Waals surface area contributed by atoms with Crippen LogP contribution in [-0.4, -0.2) is 12.1 Å². The molecule has 2 heteroatoms. The number of carbonyl (C=O) groups is 1. The Bertz CT molecular complexity index is 274. The maximum Gasteiger partial charge on any atom is 0.309 e. The third-order valence-electron chi connectivity index (χ3n) is 4.67. The lowest BCUT2D eigenvalue weighted by atomic mass is 9.66. The fourth-order valence-electron chi connectivity index (χ4n) is 3.40. The second-order valence-corrected chi connectivity index (χ2v) is 6.08. The molecule has 1 aliphatic carbocycles. The average molecular weight is 224 g/mol. The van der Waals surface area contributed by atoms with Gasteiger partial charge >= 0.3 is 5.97 Å². The molecule has 0 N–H and O–H groups in total. The Kier molecular flexibility index (Phi) is 3.27. The summed E-state index contributed by atoms with van der Waals surface area (Å²) < 4.78 is 5.51. The Balaban J connectivity index is 1.98. The zero-order valence-corrected chi connectivity index (χ0v) is 10.8. The van der Waals surface area contributed by atoms with Gasteiger partial charge in [0.15, 0.2) is 0 Å². The number of carbonyl (C=O) groups excluding carboxylic acids is 1. The van der Waals surface area contributed by atoms with E-state index in [-0.39, 0.29) is 18.0 Å². The standard InChI is InChI=1S/C14H24O2/c1-4-5-7-14(3)8-6-11-10(2)13(15)16-12(11)9-14/h10-12H,4-9H2,1-3H3/t10-,11-,12?,14?/m0/s1. The van der Waals surface area contributed by atoms with Gasteiger partial charge in [-0.05, 0) is 31.1 Å². The van der Waals surface area contributed by atoms with Crippen LogP contribution in [0.5, 0.6) is 0 Å². The summed E-state index contributed by atoms with van der Waals surface area (Å²) >= 11 is 0. The average Bonchev–Trinajstić information content (AvgIpc) is 2.51. The van der Waals surface area contributed by atoms with E-state index < -0.39 is 0 Å². The number of hydrogen-bond donors (Lipinski definition) is 0. The van der Waals surface area contributed by atoms with Crippen molar-refractivity contribution in [3.05, 3.63) is 0 Å². The zero-order valence-electron chi connectivity index (χ0n) is 10.8. The van der Waals surface area contributed by atoms with E-state index in [2.05, 4.69) is 13.8 Å². The molecule has 0 aromatic rings. The molecule has 1 saturated heterocycles. The summed E-state index contributed by atoms with van der Waals surface area (Å²) in [6, 6.07) is 0. The highest BCUT2D eigenvalue weighted by Crippen LogP contribution is 2.48. The Morgan fingerprint density at radius 1 is 1.50 bits per heavy atom. The quantitative estimate of drug-likeness (QED) is 0.685. The third kappa shape index (κ3) is 2.11. The second-order valence-electron chi connectivity index (χ2n) is 6.08. The normalized spacial score (nSPS) is 42.9. The Morgan fingerprint density at radius 2 is 2.25 bits per heavy atom. The molecule has 1 saturated carbocycles. The third-order valence-corrected chi connectivity index (χ3v) is 4.67. The van der Waals surface area contributed by atoms with Crippen molar-refractivity contribution in [2.45, 2.75) is 65.4 Å². The molecule has 1 heterocycles. The van der Waals surface area contributed by atoms with E-state index in [1.54, 1.807) is 0 Å². The van der Waals surface area contributed by atoms with Crippen molar-refractivity contribution in [1.29, 1.82) is 0 Å². The van der Waals surface area contributed by atoms with E-state index in [4.69, 9.17) is 4.74 Å². The van der Waals surface area contributed by atoms with Crippen LogP contribution >= 0.6 is 0 Å². The van der Waals surface area contributed by atoms with Crippen LogP contribution in [0.4, 0.5) is 0 Å². The largest absolute Gasteiger partial charge is 0.462 e. The van der Waals surface area contributed by atoms with Gasteiger partial charge in [0.2, 0.25) is 0 Å². The lowest BCUT2D eigenvalue weighted by Gasteiger charge is -2.39. The number of rotatable bonds is 3. The van der Waals surface area contributed by atoms with Gasteiger partial charge in [-0.3, -0.25) is 4.79 Å². The van der Waals surface area contributed by atoms with E-state index >= 15 is 0 Å². The van der Waals surface area contributed by atoms with Gasteiger partial charge in [-0.15, -0.1) is 0 Å². The van der Waals surface area contributed by atoms with Crippen LogP contribution in [0.1, 0.15) is 59.3 Å². The highest BCUT2D eigenvalue weighted by atomic mass is 16.6. The maximum absolute atomic E-state index is 11.5. The fourth-order valence-corrected chi connectivity index (χ4v) is 3.40. The van der Waals surface area contributed by atoms with Crippen molar-refractivity contribution in [3.8, 4) is 0 Å². The van der Waals surface area contributed by atoms with Crippen LogP contribution in [0, 0.1) is 17.3 Å². The molecule has 0 spiro atoms. The number of fused-ring (bicyclic) bond motifs is 1. The van der Waals surface area contributed by atoms with Gasteiger partial charge < -0.3 is 4.74 Å². The summed E-state index contributed by atoms with van der Waals surface area (Å²) in [6.07, 6.45) is 7.62. The summed E-state index contributed by atoms with van der Waals surface area (Å²) in [5.74, 6) is 0.678. The summed E-state index contributed by atoms with van der Waals surface area (Å²) in [6.45, 7) is 6.64. The molecule has 2 nitrogen and oxygen atoms in total. The van der Waals surface area contributed by atoms with E-state index in [1.165, 1.54) is 32.1 Å². The molecule has 0 amide bonds. The minimum Gasteiger partial charge on any atom is -0.462 e. The molecule has 0 bridgehead atoms. The number of unbranched alkanes of at least 4 members (excludes halogenated alkanes) is 1. The first-order valence-electron chi connectivity index (χ1n) is 6.76. The van der Waals surface area contributed by atoms with Crippen LogP contribution in [-0.2, 0) is 9.53 Å². The molecule has 2 aliphatic rings. The number of hydrogen-bond acceptors (Lipinski definition) is 2. The SMILES string of the molecule is CCCCC1(C)CC[C@@H]2C(C1)OC(=O)[C@H]2C. The van der Waals surface area contributed by atoms with Gasteiger partial charge in [0, 0.05) is 5.92 Å². The maximum atomic E-state index is 11.5. The molecule has 2 unspecified atom stereocenters. The number of ether oxygens (including phenoxy) is 1. The summed E-state index contributed by atoms with van der Waals surface area (Å²) in [5, 5.41) is 0. The summed E-state index contributed by atoms with van der Waals surface area (Å²) in [4.78, 5) is 11.5. The Labute approximate surface area is 98.7 Å². The first-order chi connectivity index (χ1) is 7.56. The minimum absolute atomic E-state index is 0.0368. The van der Waals surface area contributed by atoms with Crippen LogP contribution in [0.3, 0.4) is 0 Å². The first-order valence-corrected chi connectivity index (χ1v) is 6.76. The predicted octanol–water partition coefficient (Wildman–Crippen LogP) is 3.54. The Hall–Kier alpha value is -0.530. The van der Waals surface area contributed by atoms with Gasteiger partial charge in [0.25, 0.3) is 0 Å². The van der Waals surface area contributed by atoms with Crippen molar-refractivity contribution in [2.24, 2.45) is 17.3 Å². The molecule has 4 atom stereocenters. The lowest BCUT2D eigenvalue weighted by Crippen LogP contribution is -2.34. The van der Waals surface area contributed by atoms with Crippen molar-refractivity contribution in [2.75, 3.05) is 0 Å². The number of esters is 1. The van der Waals surface area contributed by atoms with Gasteiger partial charge in [-0.25, -0.2) is 0 Å². The molecule has 2 rings (SSSR count). The van der Waals surface area contributed by atoms with Gasteiger partial charge in [-0.2, -0.15) is 0 Å². The van der Waals surface area contributed by atoms with E-state index in [0.29, 0.717) is 11.3 Å². The Morgan fingerprint density at radius 3 is 2.94 bits per heavy atom. The lowest BCUT2D eigenvalue weighted by molar-refractivity contribution is -0.145. The summed E-state index contributed by atoms with van der Waals surface area (Å²) in [5.41, 5.74) is 0.418. The van der Waals surface area contributed by atoms with E-state index in [9.17, 15) is 4.79 Å². The fraction of sp³-hybridized carbons (Fsp3) is 0.929. The molecular weight excluding hydrogens is 200 g/mol. The van der Waals surface area contributed by atoms with Gasteiger partial charge in [0.1, 0.15) is 6.10 Å². The van der Waals surface area contributed by atoms with Crippen LogP contribution in [0.2, 0.25) is 0 Å². The van der Waals surface area contributed by atoms with Crippen LogP contribution in [0.15, 0.2) is 0 Å². The summed E-state index contributed by atoms with van der Waals surface area (Å²) in [7, 11) is 0. The van der Waals surface area contributed by atoms with E-state index in [0.717, 1.165) is 6.42 Å². The van der Waals surface area contributed by atoms with Gasteiger partial charge in [-0.1, -0.05) is 33.6 Å². The molecule has 1 aliphatic heterocycles. The minimum atomic E-state index is 0.0368. The molecule has 16 heavy (non-hydrogen) atoms. The zero-order chi connectivity index (χ0) is 11.8. The molecular formula is C14H24O2. The van der Waals surface area contributed by atoms with Crippen molar-refractivity contribution >= 4 is 5.97 Å². The first kappa shape index (κ1) is 11.9. The molecule has 92 valence electrons. The van der Waals surface area contributed by atoms with Crippen molar-refractivity contribution in [1.82, 2.24) is 0 Å². The van der Waals surface area contributed by atoms with Crippen molar-refractivity contribution in [3.63, 3.8) is 0 Å². The smallest absolute Gasteiger partial charge is 0.309 e. The molecule has 0 aromatic carbocycles. The predicted molar refractivity (Wildman–Crippen MR) is 64.0 cm³/mol. The highest BCUT2D eigenvalue weighted by Gasteiger charge is 2.48. The van der Waals surface area contributed by atoms with E-state index in [1.807, 2.05) is 6.92 Å². The molecule has 2 fully saturated rings. The topological polar surface area (TPSA) is 26.3 Å². The van der Waals surface area contributed by atoms with Gasteiger partial charge in [0.05, 0.1) is 5.92 Å². The highest BCUT2D eigenvalue weighted by molar-refractivity contribution is 5.74. The second kappa shape index (κ2) is 4.38. The molecule has 0 radical (unpaired) electrons. The molecule has 0 aromatic heterocycles. The van der Waals surface area contributed by atoms with Crippen molar-refractivity contribution < 1.29 is 9.53 Å². The van der Waals surface area contributed by atoms with Crippen LogP contribution in [0.25, 0.3) is 0 Å². The monoisotopic (exact) mass is 224 g/mol. The van der Waals surface area contributed by atoms with Crippen LogP contribution < -0.4 is 0 Å².